The van der Waals surface area contributed by atoms with Crippen molar-refractivity contribution in [2.45, 2.75) is 32.4 Å². The first-order valence-corrected chi connectivity index (χ1v) is 6.59. The van der Waals surface area contributed by atoms with Gasteiger partial charge < -0.3 is 15.3 Å². The Morgan fingerprint density at radius 1 is 1.62 bits per heavy atom. The highest BCUT2D eigenvalue weighted by Crippen LogP contribution is 2.15. The van der Waals surface area contributed by atoms with E-state index in [0.717, 1.165) is 11.5 Å². The molecular formula is C10H18N2O3S. The Hall–Kier alpha value is -0.910. The van der Waals surface area contributed by atoms with E-state index in [1.807, 2.05) is 18.7 Å². The largest absolute Gasteiger partial charge is 0.480 e. The topological polar surface area (TPSA) is 69.6 Å². The van der Waals surface area contributed by atoms with Gasteiger partial charge in [0.15, 0.2) is 0 Å². The minimum atomic E-state index is -0.977. The predicted octanol–water partition coefficient (Wildman–Crippen LogP) is 0.997. The molecule has 0 aromatic rings. The van der Waals surface area contributed by atoms with Crippen LogP contribution in [0.25, 0.3) is 0 Å². The molecule has 1 saturated heterocycles. The maximum absolute atomic E-state index is 11.8. The second-order valence-corrected chi connectivity index (χ2v) is 5.02. The van der Waals surface area contributed by atoms with Gasteiger partial charge in [0.1, 0.15) is 6.04 Å². The van der Waals surface area contributed by atoms with E-state index in [1.165, 1.54) is 0 Å². The molecular weight excluding hydrogens is 228 g/mol. The molecule has 0 spiro atoms. The normalized spacial score (nSPS) is 22.6. The van der Waals surface area contributed by atoms with Gasteiger partial charge in [-0.2, -0.15) is 11.8 Å². The van der Waals surface area contributed by atoms with Crippen LogP contribution < -0.4 is 5.32 Å². The van der Waals surface area contributed by atoms with Gasteiger partial charge in [-0.05, 0) is 13.3 Å². The summed E-state index contributed by atoms with van der Waals surface area (Å²) in [7, 11) is 0. The molecule has 1 rings (SSSR count). The van der Waals surface area contributed by atoms with Gasteiger partial charge in [0.25, 0.3) is 0 Å². The Labute approximate surface area is 99.6 Å². The lowest BCUT2D eigenvalue weighted by atomic mass is 10.2. The molecule has 1 aliphatic rings. The van der Waals surface area contributed by atoms with Crippen LogP contribution in [0.5, 0.6) is 0 Å². The summed E-state index contributed by atoms with van der Waals surface area (Å²) < 4.78 is 0. The van der Waals surface area contributed by atoms with E-state index >= 15 is 0 Å². The maximum atomic E-state index is 11.8. The first-order valence-electron chi connectivity index (χ1n) is 5.44. The number of rotatable bonds is 3. The van der Waals surface area contributed by atoms with E-state index in [0.29, 0.717) is 13.0 Å². The average Bonchev–Trinajstić information content (AvgIpc) is 2.25. The van der Waals surface area contributed by atoms with Gasteiger partial charge in [-0.1, -0.05) is 6.92 Å². The number of thioether (sulfide) groups is 1. The highest BCUT2D eigenvalue weighted by Gasteiger charge is 2.26. The molecule has 5 nitrogen and oxygen atoms in total. The average molecular weight is 246 g/mol. The first-order chi connectivity index (χ1) is 7.56. The minimum Gasteiger partial charge on any atom is -0.480 e. The SMILES string of the molecule is CC[C@@H](NC(=O)N1CCSCC1C)C(=O)O. The highest BCUT2D eigenvalue weighted by atomic mass is 32.2. The zero-order valence-electron chi connectivity index (χ0n) is 9.60. The highest BCUT2D eigenvalue weighted by molar-refractivity contribution is 7.99. The van der Waals surface area contributed by atoms with Gasteiger partial charge in [0.05, 0.1) is 0 Å². The summed E-state index contributed by atoms with van der Waals surface area (Å²) in [5.74, 6) is 0.855. The molecule has 2 N–H and O–H groups in total. The van der Waals surface area contributed by atoms with Crippen molar-refractivity contribution in [2.75, 3.05) is 18.1 Å². The van der Waals surface area contributed by atoms with Crippen LogP contribution in [0.15, 0.2) is 0 Å². The quantitative estimate of drug-likeness (QED) is 0.779. The molecule has 1 unspecified atom stereocenters. The Bertz CT molecular complexity index is 273. The van der Waals surface area contributed by atoms with Crippen molar-refractivity contribution < 1.29 is 14.7 Å². The summed E-state index contributed by atoms with van der Waals surface area (Å²) in [6.07, 6.45) is 0.401. The van der Waals surface area contributed by atoms with E-state index in [1.54, 1.807) is 11.8 Å². The molecule has 0 aliphatic carbocycles. The zero-order valence-corrected chi connectivity index (χ0v) is 10.4. The third-order valence-electron chi connectivity index (χ3n) is 2.63. The van der Waals surface area contributed by atoms with Crippen LogP contribution in [0.2, 0.25) is 0 Å². The van der Waals surface area contributed by atoms with Gasteiger partial charge in [-0.15, -0.1) is 0 Å². The van der Waals surface area contributed by atoms with Crippen LogP contribution >= 0.6 is 11.8 Å². The number of urea groups is 1. The molecule has 92 valence electrons. The van der Waals surface area contributed by atoms with E-state index < -0.39 is 12.0 Å². The Morgan fingerprint density at radius 3 is 2.81 bits per heavy atom. The molecule has 2 atom stereocenters. The van der Waals surface area contributed by atoms with Gasteiger partial charge in [0, 0.05) is 24.1 Å². The molecule has 0 saturated carbocycles. The molecule has 0 bridgehead atoms. The van der Waals surface area contributed by atoms with Crippen LogP contribution in [0.4, 0.5) is 4.79 Å². The summed E-state index contributed by atoms with van der Waals surface area (Å²) in [5.41, 5.74) is 0. The third kappa shape index (κ3) is 3.30. The van der Waals surface area contributed by atoms with Crippen molar-refractivity contribution in [3.8, 4) is 0 Å². The summed E-state index contributed by atoms with van der Waals surface area (Å²) in [6, 6.07) is -0.874. The monoisotopic (exact) mass is 246 g/mol. The molecule has 0 aromatic heterocycles. The molecule has 1 heterocycles. The summed E-state index contributed by atoms with van der Waals surface area (Å²) in [6.45, 7) is 4.41. The van der Waals surface area contributed by atoms with Crippen LogP contribution in [0.1, 0.15) is 20.3 Å². The maximum Gasteiger partial charge on any atom is 0.326 e. The fourth-order valence-corrected chi connectivity index (χ4v) is 2.61. The number of carboxylic acids is 1. The second kappa shape index (κ2) is 5.98. The minimum absolute atomic E-state index is 0.171. The number of aliphatic carboxylic acids is 1. The van der Waals surface area contributed by atoms with Crippen molar-refractivity contribution in [1.29, 1.82) is 0 Å². The standard InChI is InChI=1S/C10H18N2O3S/c1-3-8(9(13)14)11-10(15)12-4-5-16-6-7(12)2/h7-8H,3-6H2,1-2H3,(H,11,15)(H,13,14)/t7?,8-/m1/s1. The number of amides is 2. The number of nitrogens with one attached hydrogen (secondary N) is 1. The van der Waals surface area contributed by atoms with Crippen LogP contribution in [-0.2, 0) is 4.79 Å². The smallest absolute Gasteiger partial charge is 0.326 e. The molecule has 2 amide bonds. The van der Waals surface area contributed by atoms with Crippen molar-refractivity contribution in [3.63, 3.8) is 0 Å². The Balaban J connectivity index is 2.52. The lowest BCUT2D eigenvalue weighted by molar-refractivity contribution is -0.139. The van der Waals surface area contributed by atoms with Crippen molar-refractivity contribution in [1.82, 2.24) is 10.2 Å². The van der Waals surface area contributed by atoms with E-state index in [-0.39, 0.29) is 12.1 Å². The lowest BCUT2D eigenvalue weighted by Gasteiger charge is -2.33. The van der Waals surface area contributed by atoms with Crippen molar-refractivity contribution in [3.05, 3.63) is 0 Å². The zero-order chi connectivity index (χ0) is 12.1. The lowest BCUT2D eigenvalue weighted by Crippen LogP contribution is -2.53. The molecule has 6 heteroatoms. The molecule has 0 aromatic carbocycles. The van der Waals surface area contributed by atoms with Crippen molar-refractivity contribution in [2.24, 2.45) is 0 Å². The van der Waals surface area contributed by atoms with Crippen molar-refractivity contribution >= 4 is 23.8 Å². The summed E-state index contributed by atoms with van der Waals surface area (Å²) in [4.78, 5) is 24.3. The number of hydrogen-bond acceptors (Lipinski definition) is 3. The summed E-state index contributed by atoms with van der Waals surface area (Å²) >= 11 is 1.82. The first kappa shape index (κ1) is 13.2. The van der Waals surface area contributed by atoms with Crippen LogP contribution in [0, 0.1) is 0 Å². The number of hydrogen-bond donors (Lipinski definition) is 2. The molecule has 1 aliphatic heterocycles. The fraction of sp³-hybridized carbons (Fsp3) is 0.800. The van der Waals surface area contributed by atoms with Gasteiger partial charge in [-0.3, -0.25) is 0 Å². The predicted molar refractivity (Wildman–Crippen MR) is 63.7 cm³/mol. The fourth-order valence-electron chi connectivity index (χ4n) is 1.60. The van der Waals surface area contributed by atoms with Gasteiger partial charge in [0.2, 0.25) is 0 Å². The van der Waals surface area contributed by atoms with Gasteiger partial charge in [-0.25, -0.2) is 9.59 Å². The Morgan fingerprint density at radius 2 is 2.31 bits per heavy atom. The molecule has 0 radical (unpaired) electrons. The number of carboxylic acid groups (broad SMARTS) is 1. The second-order valence-electron chi connectivity index (χ2n) is 3.87. The van der Waals surface area contributed by atoms with Crippen LogP contribution in [-0.4, -0.2) is 52.1 Å². The van der Waals surface area contributed by atoms with Gasteiger partial charge >= 0.3 is 12.0 Å². The number of carbonyl (C=O) groups is 2. The van der Waals surface area contributed by atoms with E-state index in [9.17, 15) is 9.59 Å². The van der Waals surface area contributed by atoms with Crippen LogP contribution in [0.3, 0.4) is 0 Å². The third-order valence-corrected chi connectivity index (χ3v) is 3.82. The molecule has 16 heavy (non-hydrogen) atoms. The van der Waals surface area contributed by atoms with E-state index in [4.69, 9.17) is 5.11 Å². The Kier molecular flexibility index (Phi) is 4.92. The number of carbonyl (C=O) groups excluding carboxylic acids is 1. The van der Waals surface area contributed by atoms with E-state index in [2.05, 4.69) is 5.32 Å². The molecule has 1 fully saturated rings. The number of nitrogens with zero attached hydrogens (tertiary/aromatic N) is 1. The summed E-state index contributed by atoms with van der Waals surface area (Å²) in [5, 5.41) is 11.4.